The first-order chi connectivity index (χ1) is 18.1. The SMILES string of the molecule is CC(C)(C)OC(=O)N1CCN(c2ccc(-c3cc(-c4cc5c([nH]4)C4(CC4)CNC5=O)ccn3)c(F)c2)CC1. The smallest absolute Gasteiger partial charge is 0.410 e. The first kappa shape index (κ1) is 24.5. The van der Waals surface area contributed by atoms with Gasteiger partial charge in [0.25, 0.3) is 5.91 Å². The number of amides is 2. The van der Waals surface area contributed by atoms with E-state index in [0.717, 1.165) is 35.5 Å². The van der Waals surface area contributed by atoms with Gasteiger partial charge in [-0.2, -0.15) is 0 Å². The van der Waals surface area contributed by atoms with Crippen molar-refractivity contribution in [2.75, 3.05) is 37.6 Å². The number of nitrogens with one attached hydrogen (secondary N) is 2. The van der Waals surface area contributed by atoms with Gasteiger partial charge in [0.2, 0.25) is 0 Å². The molecular weight excluding hydrogens is 485 g/mol. The minimum atomic E-state index is -0.535. The topological polar surface area (TPSA) is 90.6 Å². The van der Waals surface area contributed by atoms with Gasteiger partial charge in [-0.05, 0) is 70.0 Å². The van der Waals surface area contributed by atoms with Gasteiger partial charge in [0, 0.05) is 72.5 Å². The number of piperazine rings is 1. The van der Waals surface area contributed by atoms with Crippen LogP contribution in [-0.2, 0) is 10.2 Å². The van der Waals surface area contributed by atoms with Gasteiger partial charge in [-0.25, -0.2) is 9.18 Å². The monoisotopic (exact) mass is 517 g/mol. The predicted molar refractivity (Wildman–Crippen MR) is 143 cm³/mol. The molecular formula is C29H32FN5O3. The zero-order valence-electron chi connectivity index (χ0n) is 21.9. The molecule has 38 heavy (non-hydrogen) atoms. The van der Waals surface area contributed by atoms with Crippen molar-refractivity contribution in [3.05, 3.63) is 59.7 Å². The van der Waals surface area contributed by atoms with E-state index in [1.165, 1.54) is 6.07 Å². The Balaban J connectivity index is 1.19. The van der Waals surface area contributed by atoms with E-state index in [1.807, 2.05) is 45.0 Å². The van der Waals surface area contributed by atoms with Gasteiger partial charge >= 0.3 is 6.09 Å². The second kappa shape index (κ2) is 8.85. The van der Waals surface area contributed by atoms with Crippen LogP contribution in [0.3, 0.4) is 0 Å². The number of carbonyl (C=O) groups excluding carboxylic acids is 2. The van der Waals surface area contributed by atoms with Crippen LogP contribution in [0.2, 0.25) is 0 Å². The molecule has 2 aliphatic heterocycles. The molecule has 1 saturated carbocycles. The predicted octanol–water partition coefficient (Wildman–Crippen LogP) is 4.71. The maximum absolute atomic E-state index is 15.4. The normalized spacial score (nSPS) is 18.3. The highest BCUT2D eigenvalue weighted by Gasteiger charge is 2.50. The Morgan fingerprint density at radius 2 is 1.82 bits per heavy atom. The molecule has 198 valence electrons. The summed E-state index contributed by atoms with van der Waals surface area (Å²) >= 11 is 0. The molecule has 1 aliphatic carbocycles. The standard InChI is InChI=1S/C29H32FN5O3/c1-28(2,3)38-27(37)35-12-10-34(11-13-35)19-4-5-20(22(30)15-19)24-14-18(6-9-31-24)23-16-21-25(33-23)29(7-8-29)17-32-26(21)36/h4-6,9,14-16,33H,7-8,10-13,17H2,1-3H3,(H,32,36). The fourth-order valence-corrected chi connectivity index (χ4v) is 5.35. The lowest BCUT2D eigenvalue weighted by Crippen LogP contribution is -2.50. The third-order valence-electron chi connectivity index (χ3n) is 7.63. The van der Waals surface area contributed by atoms with E-state index in [2.05, 4.69) is 20.2 Å². The van der Waals surface area contributed by atoms with Gasteiger partial charge in [-0.15, -0.1) is 0 Å². The number of H-pyrrole nitrogens is 1. The molecule has 1 saturated heterocycles. The van der Waals surface area contributed by atoms with E-state index in [9.17, 15) is 9.59 Å². The number of anilines is 1. The molecule has 9 heteroatoms. The molecule has 3 aliphatic rings. The van der Waals surface area contributed by atoms with Gasteiger partial charge in [0.05, 0.1) is 11.3 Å². The Morgan fingerprint density at radius 3 is 2.50 bits per heavy atom. The quantitative estimate of drug-likeness (QED) is 0.525. The molecule has 0 atom stereocenters. The number of hydrogen-bond donors (Lipinski definition) is 2. The van der Waals surface area contributed by atoms with Gasteiger partial charge in [0.15, 0.2) is 0 Å². The molecule has 1 aromatic carbocycles. The van der Waals surface area contributed by atoms with Gasteiger partial charge in [-0.1, -0.05) is 0 Å². The van der Waals surface area contributed by atoms with E-state index in [4.69, 9.17) is 4.74 Å². The van der Waals surface area contributed by atoms with Crippen molar-refractivity contribution in [3.63, 3.8) is 0 Å². The molecule has 1 spiro atoms. The van der Waals surface area contributed by atoms with Crippen molar-refractivity contribution in [3.8, 4) is 22.5 Å². The number of rotatable bonds is 3. The second-order valence-corrected chi connectivity index (χ2v) is 11.5. The second-order valence-electron chi connectivity index (χ2n) is 11.5. The lowest BCUT2D eigenvalue weighted by atomic mass is 9.95. The molecule has 8 nitrogen and oxygen atoms in total. The minimum Gasteiger partial charge on any atom is -0.444 e. The molecule has 0 radical (unpaired) electrons. The highest BCUT2D eigenvalue weighted by Crippen LogP contribution is 2.50. The largest absolute Gasteiger partial charge is 0.444 e. The van der Waals surface area contributed by atoms with Crippen LogP contribution in [0.15, 0.2) is 42.6 Å². The number of pyridine rings is 1. The molecule has 2 N–H and O–H groups in total. The summed E-state index contributed by atoms with van der Waals surface area (Å²) in [5.41, 5.74) is 4.61. The molecule has 2 fully saturated rings. The van der Waals surface area contributed by atoms with Gasteiger partial charge in [-0.3, -0.25) is 9.78 Å². The maximum Gasteiger partial charge on any atom is 0.410 e. The number of nitrogens with zero attached hydrogens (tertiary/aromatic N) is 3. The van der Waals surface area contributed by atoms with Crippen LogP contribution in [-0.4, -0.2) is 65.2 Å². The number of aromatic nitrogens is 2. The van der Waals surface area contributed by atoms with Gasteiger partial charge in [0.1, 0.15) is 11.4 Å². The highest BCUT2D eigenvalue weighted by molar-refractivity contribution is 5.99. The zero-order valence-corrected chi connectivity index (χ0v) is 21.9. The van der Waals surface area contributed by atoms with Crippen molar-refractivity contribution in [1.29, 1.82) is 0 Å². The first-order valence-corrected chi connectivity index (χ1v) is 13.1. The van der Waals surface area contributed by atoms with E-state index >= 15 is 4.39 Å². The Morgan fingerprint density at radius 1 is 1.05 bits per heavy atom. The van der Waals surface area contributed by atoms with Crippen molar-refractivity contribution >= 4 is 17.7 Å². The number of benzene rings is 1. The summed E-state index contributed by atoms with van der Waals surface area (Å²) < 4.78 is 20.8. The van der Waals surface area contributed by atoms with E-state index in [1.54, 1.807) is 17.2 Å². The van der Waals surface area contributed by atoms with E-state index in [0.29, 0.717) is 49.5 Å². The summed E-state index contributed by atoms with van der Waals surface area (Å²) in [5.74, 6) is -0.410. The fourth-order valence-electron chi connectivity index (χ4n) is 5.35. The number of carbonyl (C=O) groups is 2. The summed E-state index contributed by atoms with van der Waals surface area (Å²) in [5, 5.41) is 3.00. The minimum absolute atomic E-state index is 0.0394. The molecule has 0 bridgehead atoms. The van der Waals surface area contributed by atoms with Gasteiger partial charge < -0.3 is 24.8 Å². The lowest BCUT2D eigenvalue weighted by molar-refractivity contribution is 0.0240. The van der Waals surface area contributed by atoms with Crippen LogP contribution in [0.4, 0.5) is 14.9 Å². The summed E-state index contributed by atoms with van der Waals surface area (Å²) in [6.07, 6.45) is 3.48. The maximum atomic E-state index is 15.4. The molecule has 3 aromatic rings. The third kappa shape index (κ3) is 4.50. The van der Waals surface area contributed by atoms with Crippen molar-refractivity contribution in [1.82, 2.24) is 20.2 Å². The molecule has 4 heterocycles. The van der Waals surface area contributed by atoms with Crippen LogP contribution < -0.4 is 10.2 Å². The Hall–Kier alpha value is -3.88. The van der Waals surface area contributed by atoms with Crippen LogP contribution >= 0.6 is 0 Å². The summed E-state index contributed by atoms with van der Waals surface area (Å²) in [7, 11) is 0. The van der Waals surface area contributed by atoms with Crippen molar-refractivity contribution in [2.45, 2.75) is 44.6 Å². The number of halogens is 1. The molecule has 0 unspecified atom stereocenters. The average molecular weight is 518 g/mol. The summed E-state index contributed by atoms with van der Waals surface area (Å²) in [6, 6.07) is 10.8. The van der Waals surface area contributed by atoms with E-state index < -0.39 is 5.60 Å². The lowest BCUT2D eigenvalue weighted by Gasteiger charge is -2.36. The first-order valence-electron chi connectivity index (χ1n) is 13.1. The highest BCUT2D eigenvalue weighted by atomic mass is 19.1. The number of hydrogen-bond acceptors (Lipinski definition) is 5. The van der Waals surface area contributed by atoms with Crippen LogP contribution in [0.1, 0.15) is 49.7 Å². The van der Waals surface area contributed by atoms with Crippen LogP contribution in [0.25, 0.3) is 22.5 Å². The Labute approximate surface area is 221 Å². The molecule has 6 rings (SSSR count). The molecule has 2 amide bonds. The Bertz CT molecular complexity index is 1410. The van der Waals surface area contributed by atoms with E-state index in [-0.39, 0.29) is 23.2 Å². The number of ether oxygens (including phenoxy) is 1. The van der Waals surface area contributed by atoms with Crippen molar-refractivity contribution < 1.29 is 18.7 Å². The number of aromatic amines is 1. The van der Waals surface area contributed by atoms with Crippen molar-refractivity contribution in [2.24, 2.45) is 0 Å². The summed E-state index contributed by atoms with van der Waals surface area (Å²) in [6.45, 7) is 8.45. The Kier molecular flexibility index (Phi) is 5.70. The fraction of sp³-hybridized carbons (Fsp3) is 0.414. The third-order valence-corrected chi connectivity index (χ3v) is 7.63. The average Bonchev–Trinajstić information content (AvgIpc) is 3.52. The van der Waals surface area contributed by atoms with Crippen LogP contribution in [0.5, 0.6) is 0 Å². The molecule has 2 aromatic heterocycles. The van der Waals surface area contributed by atoms with Crippen LogP contribution in [0, 0.1) is 5.82 Å². The number of fused-ring (bicyclic) bond motifs is 2. The zero-order chi connectivity index (χ0) is 26.7. The summed E-state index contributed by atoms with van der Waals surface area (Å²) in [4.78, 5) is 36.4.